The Bertz CT molecular complexity index is 1030. The number of para-hydroxylation sites is 1. The zero-order chi connectivity index (χ0) is 19.2. The third-order valence-corrected chi connectivity index (χ3v) is 4.89. The molecule has 3 aromatic rings. The molecule has 27 heavy (non-hydrogen) atoms. The number of fused-ring (bicyclic) bond motifs is 1. The molecule has 0 aliphatic rings. The molecular formula is C20H20N2O4S. The van der Waals surface area contributed by atoms with Crippen molar-refractivity contribution in [2.45, 2.75) is 12.3 Å². The zero-order valence-electron chi connectivity index (χ0n) is 15.1. The lowest BCUT2D eigenvalue weighted by Crippen LogP contribution is -2.08. The molecule has 140 valence electrons. The number of thioether (sulfide) groups is 1. The molecular weight excluding hydrogens is 364 g/mol. The monoisotopic (exact) mass is 384 g/mol. The Kier molecular flexibility index (Phi) is 6.03. The Morgan fingerprint density at radius 1 is 1.11 bits per heavy atom. The molecule has 0 atom stereocenters. The van der Waals surface area contributed by atoms with E-state index in [1.807, 2.05) is 36.4 Å². The van der Waals surface area contributed by atoms with Crippen LogP contribution >= 0.6 is 11.8 Å². The van der Waals surface area contributed by atoms with Crippen LogP contribution in [0.3, 0.4) is 0 Å². The predicted octanol–water partition coefficient (Wildman–Crippen LogP) is 3.56. The molecule has 6 nitrogen and oxygen atoms in total. The Morgan fingerprint density at radius 2 is 1.93 bits per heavy atom. The second-order valence-corrected chi connectivity index (χ2v) is 6.70. The van der Waals surface area contributed by atoms with Gasteiger partial charge < -0.3 is 19.6 Å². The summed E-state index contributed by atoms with van der Waals surface area (Å²) in [5.74, 6) is 1.92. The van der Waals surface area contributed by atoms with Crippen LogP contribution in [0.25, 0.3) is 11.0 Å². The van der Waals surface area contributed by atoms with Crippen molar-refractivity contribution < 1.29 is 13.9 Å². The van der Waals surface area contributed by atoms with Gasteiger partial charge in [-0.25, -0.2) is 4.79 Å². The van der Waals surface area contributed by atoms with E-state index in [2.05, 4.69) is 4.99 Å². The number of nitrogens with zero attached hydrogens (tertiary/aromatic N) is 1. The molecule has 0 spiro atoms. The minimum Gasteiger partial charge on any atom is -0.497 e. The molecule has 0 amide bonds. The molecule has 0 aliphatic heterocycles. The van der Waals surface area contributed by atoms with Crippen molar-refractivity contribution in [3.8, 4) is 11.5 Å². The molecule has 0 bridgehead atoms. The summed E-state index contributed by atoms with van der Waals surface area (Å²) in [6, 6.07) is 14.6. The summed E-state index contributed by atoms with van der Waals surface area (Å²) in [6.45, 7) is 0.428. The maximum atomic E-state index is 11.8. The normalized spacial score (nSPS) is 11.6. The highest BCUT2D eigenvalue weighted by molar-refractivity contribution is 8.13. The number of nitrogens with two attached hydrogens (primary N) is 1. The minimum absolute atomic E-state index is 0.407. The first-order valence-electron chi connectivity index (χ1n) is 8.26. The molecule has 1 aromatic heterocycles. The van der Waals surface area contributed by atoms with E-state index in [1.165, 1.54) is 17.8 Å². The van der Waals surface area contributed by atoms with Gasteiger partial charge in [0, 0.05) is 28.8 Å². The van der Waals surface area contributed by atoms with Crippen LogP contribution in [0.4, 0.5) is 0 Å². The van der Waals surface area contributed by atoms with E-state index in [9.17, 15) is 4.79 Å². The van der Waals surface area contributed by atoms with Crippen molar-refractivity contribution in [2.24, 2.45) is 10.7 Å². The molecule has 0 fully saturated rings. The number of ether oxygens (including phenoxy) is 2. The predicted molar refractivity (Wildman–Crippen MR) is 109 cm³/mol. The SMILES string of the molecule is COc1ccc2c(CSC(N)=NCc3ccccc3OC)cc(=O)oc2c1. The first-order chi connectivity index (χ1) is 13.1. The Balaban J connectivity index is 1.75. The fourth-order valence-corrected chi connectivity index (χ4v) is 3.35. The van der Waals surface area contributed by atoms with Gasteiger partial charge in [-0.1, -0.05) is 30.0 Å². The maximum Gasteiger partial charge on any atom is 0.336 e. The Hall–Kier alpha value is -2.93. The number of hydrogen-bond acceptors (Lipinski definition) is 6. The van der Waals surface area contributed by atoms with Gasteiger partial charge in [0.25, 0.3) is 0 Å². The van der Waals surface area contributed by atoms with E-state index in [-0.39, 0.29) is 0 Å². The summed E-state index contributed by atoms with van der Waals surface area (Å²) in [6.07, 6.45) is 0. The third kappa shape index (κ3) is 4.62. The standard InChI is InChI=1S/C20H20N2O4S/c1-24-15-7-8-16-14(9-19(23)26-18(16)10-15)12-27-20(21)22-11-13-5-3-4-6-17(13)25-2/h3-10H,11-12H2,1-2H3,(H2,21,22). The summed E-state index contributed by atoms with van der Waals surface area (Å²) in [5, 5.41) is 1.29. The highest BCUT2D eigenvalue weighted by Gasteiger charge is 2.08. The van der Waals surface area contributed by atoms with Crippen LogP contribution < -0.4 is 20.8 Å². The van der Waals surface area contributed by atoms with Crippen molar-refractivity contribution in [3.63, 3.8) is 0 Å². The van der Waals surface area contributed by atoms with Crippen LogP contribution in [-0.2, 0) is 12.3 Å². The summed E-state index contributed by atoms with van der Waals surface area (Å²) in [5.41, 5.74) is 7.92. The molecule has 0 unspecified atom stereocenters. The van der Waals surface area contributed by atoms with E-state index in [4.69, 9.17) is 19.6 Å². The molecule has 2 N–H and O–H groups in total. The second kappa shape index (κ2) is 8.64. The van der Waals surface area contributed by atoms with Gasteiger partial charge in [0.05, 0.1) is 20.8 Å². The van der Waals surface area contributed by atoms with E-state index in [0.29, 0.717) is 28.8 Å². The van der Waals surface area contributed by atoms with Crippen molar-refractivity contribution >= 4 is 27.9 Å². The zero-order valence-corrected chi connectivity index (χ0v) is 15.9. The smallest absolute Gasteiger partial charge is 0.336 e. The summed E-state index contributed by atoms with van der Waals surface area (Å²) in [7, 11) is 3.19. The van der Waals surface area contributed by atoms with Gasteiger partial charge in [0.2, 0.25) is 0 Å². The fraction of sp³-hybridized carbons (Fsp3) is 0.200. The van der Waals surface area contributed by atoms with Crippen molar-refractivity contribution in [2.75, 3.05) is 14.2 Å². The molecule has 1 heterocycles. The lowest BCUT2D eigenvalue weighted by Gasteiger charge is -2.08. The van der Waals surface area contributed by atoms with Crippen LogP contribution in [0.15, 0.2) is 62.7 Å². The number of methoxy groups -OCH3 is 2. The number of aliphatic imine (C=N–C) groups is 1. The van der Waals surface area contributed by atoms with Crippen LogP contribution in [0.1, 0.15) is 11.1 Å². The highest BCUT2D eigenvalue weighted by atomic mass is 32.2. The van der Waals surface area contributed by atoms with E-state index in [0.717, 1.165) is 22.3 Å². The number of amidine groups is 1. The van der Waals surface area contributed by atoms with Crippen molar-refractivity contribution in [3.05, 3.63) is 70.1 Å². The molecule has 0 saturated carbocycles. The van der Waals surface area contributed by atoms with Crippen molar-refractivity contribution in [1.82, 2.24) is 0 Å². The van der Waals surface area contributed by atoms with Gasteiger partial charge in [-0.3, -0.25) is 4.99 Å². The van der Waals surface area contributed by atoms with Gasteiger partial charge in [0.1, 0.15) is 17.1 Å². The number of rotatable bonds is 6. The first kappa shape index (κ1) is 18.8. The number of benzene rings is 2. The Morgan fingerprint density at radius 3 is 2.70 bits per heavy atom. The quantitative estimate of drug-likeness (QED) is 0.397. The second-order valence-electron chi connectivity index (χ2n) is 5.71. The molecule has 7 heteroatoms. The summed E-state index contributed by atoms with van der Waals surface area (Å²) < 4.78 is 15.8. The van der Waals surface area contributed by atoms with Gasteiger partial charge in [0.15, 0.2) is 5.17 Å². The maximum absolute atomic E-state index is 11.8. The summed E-state index contributed by atoms with van der Waals surface area (Å²) >= 11 is 1.37. The topological polar surface area (TPSA) is 87.0 Å². The van der Waals surface area contributed by atoms with Crippen LogP contribution in [0.5, 0.6) is 11.5 Å². The van der Waals surface area contributed by atoms with Gasteiger partial charge in [-0.15, -0.1) is 0 Å². The average Bonchev–Trinajstić information content (AvgIpc) is 2.69. The molecule has 0 radical (unpaired) electrons. The average molecular weight is 384 g/mol. The van der Waals surface area contributed by atoms with E-state index >= 15 is 0 Å². The Labute approximate surface area is 161 Å². The molecule has 0 saturated heterocycles. The van der Waals surface area contributed by atoms with Crippen LogP contribution in [0, 0.1) is 0 Å². The molecule has 0 aliphatic carbocycles. The summed E-state index contributed by atoms with van der Waals surface area (Å²) in [4.78, 5) is 16.2. The highest BCUT2D eigenvalue weighted by Crippen LogP contribution is 2.25. The third-order valence-electron chi connectivity index (χ3n) is 4.01. The fourth-order valence-electron chi connectivity index (χ4n) is 2.65. The minimum atomic E-state index is -0.407. The largest absolute Gasteiger partial charge is 0.497 e. The van der Waals surface area contributed by atoms with Gasteiger partial charge in [-0.05, 0) is 23.8 Å². The molecule has 2 aromatic carbocycles. The van der Waals surface area contributed by atoms with E-state index < -0.39 is 5.63 Å². The van der Waals surface area contributed by atoms with E-state index in [1.54, 1.807) is 20.3 Å². The van der Waals surface area contributed by atoms with Crippen LogP contribution in [-0.4, -0.2) is 19.4 Å². The van der Waals surface area contributed by atoms with Crippen LogP contribution in [0.2, 0.25) is 0 Å². The van der Waals surface area contributed by atoms with Gasteiger partial charge >= 0.3 is 5.63 Å². The first-order valence-corrected chi connectivity index (χ1v) is 9.24. The van der Waals surface area contributed by atoms with Gasteiger partial charge in [-0.2, -0.15) is 0 Å². The molecule has 3 rings (SSSR count). The van der Waals surface area contributed by atoms with Crippen molar-refractivity contribution in [1.29, 1.82) is 0 Å². The lowest BCUT2D eigenvalue weighted by molar-refractivity contribution is 0.410. The number of hydrogen-bond donors (Lipinski definition) is 1. The lowest BCUT2D eigenvalue weighted by atomic mass is 10.1.